The van der Waals surface area contributed by atoms with Gasteiger partial charge in [0, 0.05) is 4.47 Å². The van der Waals surface area contributed by atoms with Crippen LogP contribution in [0.15, 0.2) is 46.9 Å². The fraction of sp³-hybridized carbons (Fsp3) is 0.278. The van der Waals surface area contributed by atoms with E-state index in [9.17, 15) is 4.79 Å². The molecule has 0 fully saturated rings. The molecule has 0 aliphatic carbocycles. The van der Waals surface area contributed by atoms with Crippen LogP contribution < -0.4 is 5.32 Å². The average Bonchev–Trinajstić information content (AvgIpc) is 2.41. The molecule has 0 aliphatic rings. The molecule has 2 aromatic rings. The van der Waals surface area contributed by atoms with E-state index in [1.807, 2.05) is 31.2 Å². The topological polar surface area (TPSA) is 29.1 Å². The van der Waals surface area contributed by atoms with Crippen molar-refractivity contribution in [2.75, 3.05) is 0 Å². The first-order chi connectivity index (χ1) is 9.95. The Kier molecular flexibility index (Phi) is 5.18. The summed E-state index contributed by atoms with van der Waals surface area (Å²) in [5.41, 5.74) is 4.67. The van der Waals surface area contributed by atoms with Crippen LogP contribution in [-0.4, -0.2) is 5.91 Å². The summed E-state index contributed by atoms with van der Waals surface area (Å²) in [6, 6.07) is 14.2. The number of amides is 1. The van der Waals surface area contributed by atoms with Gasteiger partial charge in [-0.2, -0.15) is 0 Å². The van der Waals surface area contributed by atoms with Crippen molar-refractivity contribution in [1.29, 1.82) is 0 Å². The number of halogens is 1. The molecule has 0 aliphatic heterocycles. The van der Waals surface area contributed by atoms with E-state index in [0.29, 0.717) is 6.42 Å². The monoisotopic (exact) mass is 345 g/mol. The molecule has 0 heterocycles. The summed E-state index contributed by atoms with van der Waals surface area (Å²) in [4.78, 5) is 12.1. The number of hydrogen-bond donors (Lipinski definition) is 1. The van der Waals surface area contributed by atoms with E-state index in [1.54, 1.807) is 0 Å². The van der Waals surface area contributed by atoms with Gasteiger partial charge in [0.1, 0.15) is 0 Å². The quantitative estimate of drug-likeness (QED) is 0.869. The van der Waals surface area contributed by atoms with Crippen molar-refractivity contribution >= 4 is 21.8 Å². The maximum atomic E-state index is 12.1. The Morgan fingerprint density at radius 1 is 1.14 bits per heavy atom. The van der Waals surface area contributed by atoms with Crippen molar-refractivity contribution in [3.8, 4) is 0 Å². The van der Waals surface area contributed by atoms with Gasteiger partial charge in [-0.25, -0.2) is 0 Å². The van der Waals surface area contributed by atoms with Crippen LogP contribution in [-0.2, 0) is 11.2 Å². The van der Waals surface area contributed by atoms with Crippen molar-refractivity contribution < 1.29 is 4.79 Å². The number of rotatable bonds is 4. The summed E-state index contributed by atoms with van der Waals surface area (Å²) in [6.45, 7) is 6.20. The highest BCUT2D eigenvalue weighted by Gasteiger charge is 2.11. The van der Waals surface area contributed by atoms with Gasteiger partial charge in [0.2, 0.25) is 5.91 Å². The SMILES string of the molecule is Cc1ccc([C@H](C)NC(=O)Cc2cccc(Br)c2)cc1C. The van der Waals surface area contributed by atoms with Crippen molar-refractivity contribution in [3.63, 3.8) is 0 Å². The first-order valence-electron chi connectivity index (χ1n) is 7.06. The van der Waals surface area contributed by atoms with Gasteiger partial charge in [0.05, 0.1) is 12.5 Å². The second kappa shape index (κ2) is 6.90. The molecule has 21 heavy (non-hydrogen) atoms. The lowest BCUT2D eigenvalue weighted by molar-refractivity contribution is -0.121. The molecule has 1 amide bonds. The number of hydrogen-bond acceptors (Lipinski definition) is 1. The van der Waals surface area contributed by atoms with Crippen molar-refractivity contribution in [3.05, 3.63) is 69.2 Å². The number of aryl methyl sites for hydroxylation is 2. The Hall–Kier alpha value is -1.61. The minimum Gasteiger partial charge on any atom is -0.349 e. The average molecular weight is 346 g/mol. The van der Waals surface area contributed by atoms with Crippen LogP contribution in [0.5, 0.6) is 0 Å². The van der Waals surface area contributed by atoms with E-state index >= 15 is 0 Å². The lowest BCUT2D eigenvalue weighted by Crippen LogP contribution is -2.28. The lowest BCUT2D eigenvalue weighted by atomic mass is 10.0. The van der Waals surface area contributed by atoms with E-state index in [4.69, 9.17) is 0 Å². The van der Waals surface area contributed by atoms with Crippen LogP contribution in [0.4, 0.5) is 0 Å². The maximum absolute atomic E-state index is 12.1. The second-order valence-electron chi connectivity index (χ2n) is 5.44. The Balaban J connectivity index is 2.00. The fourth-order valence-corrected chi connectivity index (χ4v) is 2.69. The maximum Gasteiger partial charge on any atom is 0.224 e. The molecule has 0 saturated heterocycles. The van der Waals surface area contributed by atoms with Crippen LogP contribution in [0.3, 0.4) is 0 Å². The van der Waals surface area contributed by atoms with Crippen LogP contribution in [0.1, 0.15) is 35.2 Å². The minimum atomic E-state index is 0.0175. The van der Waals surface area contributed by atoms with Crippen LogP contribution in [0, 0.1) is 13.8 Å². The summed E-state index contributed by atoms with van der Waals surface area (Å²) < 4.78 is 0.995. The van der Waals surface area contributed by atoms with Crippen LogP contribution in [0.25, 0.3) is 0 Å². The van der Waals surface area contributed by atoms with Crippen LogP contribution in [0.2, 0.25) is 0 Å². The number of benzene rings is 2. The largest absolute Gasteiger partial charge is 0.349 e. The molecule has 0 aromatic heterocycles. The molecule has 2 nitrogen and oxygen atoms in total. The molecule has 3 heteroatoms. The van der Waals surface area contributed by atoms with Gasteiger partial charge >= 0.3 is 0 Å². The Morgan fingerprint density at radius 3 is 2.57 bits per heavy atom. The first kappa shape index (κ1) is 15.8. The molecule has 0 unspecified atom stereocenters. The third kappa shape index (κ3) is 4.43. The smallest absolute Gasteiger partial charge is 0.224 e. The van der Waals surface area contributed by atoms with Gasteiger partial charge in [-0.1, -0.05) is 46.3 Å². The third-order valence-electron chi connectivity index (χ3n) is 3.66. The highest BCUT2D eigenvalue weighted by Crippen LogP contribution is 2.17. The summed E-state index contributed by atoms with van der Waals surface area (Å²) in [7, 11) is 0. The predicted octanol–water partition coefficient (Wildman–Crippen LogP) is 4.49. The zero-order chi connectivity index (χ0) is 15.4. The molecule has 1 atom stereocenters. The molecule has 0 saturated carbocycles. The normalized spacial score (nSPS) is 12.0. The predicted molar refractivity (Wildman–Crippen MR) is 90.3 cm³/mol. The molecule has 0 radical (unpaired) electrons. The van der Waals surface area contributed by atoms with Gasteiger partial charge in [-0.3, -0.25) is 4.79 Å². The third-order valence-corrected chi connectivity index (χ3v) is 4.16. The van der Waals surface area contributed by atoms with Gasteiger partial charge in [-0.05, 0) is 55.2 Å². The van der Waals surface area contributed by atoms with E-state index in [2.05, 4.69) is 53.3 Å². The van der Waals surface area contributed by atoms with E-state index < -0.39 is 0 Å². The standard InChI is InChI=1S/C18H20BrNO/c1-12-7-8-16(9-13(12)2)14(3)20-18(21)11-15-5-4-6-17(19)10-15/h4-10,14H,11H2,1-3H3,(H,20,21)/t14-/m0/s1. The Morgan fingerprint density at radius 2 is 1.90 bits per heavy atom. The molecular formula is C18H20BrNO. The zero-order valence-corrected chi connectivity index (χ0v) is 14.2. The molecule has 0 bridgehead atoms. The van der Waals surface area contributed by atoms with Crippen molar-refractivity contribution in [2.24, 2.45) is 0 Å². The molecular weight excluding hydrogens is 326 g/mol. The Labute approximate surface area is 134 Å². The fourth-order valence-electron chi connectivity index (χ4n) is 2.24. The zero-order valence-electron chi connectivity index (χ0n) is 12.6. The number of carbonyl (C=O) groups is 1. The number of nitrogens with one attached hydrogen (secondary N) is 1. The van der Waals surface area contributed by atoms with E-state index in [1.165, 1.54) is 11.1 Å². The minimum absolute atomic E-state index is 0.0175. The summed E-state index contributed by atoms with van der Waals surface area (Å²) in [6.07, 6.45) is 0.397. The Bertz CT molecular complexity index is 651. The molecule has 1 N–H and O–H groups in total. The summed E-state index contributed by atoms with van der Waals surface area (Å²) in [5.74, 6) is 0.0406. The molecule has 110 valence electrons. The van der Waals surface area contributed by atoms with Gasteiger partial charge in [-0.15, -0.1) is 0 Å². The highest BCUT2D eigenvalue weighted by atomic mass is 79.9. The lowest BCUT2D eigenvalue weighted by Gasteiger charge is -2.16. The van der Waals surface area contributed by atoms with Gasteiger partial charge < -0.3 is 5.32 Å². The van der Waals surface area contributed by atoms with Gasteiger partial charge in [0.15, 0.2) is 0 Å². The summed E-state index contributed by atoms with van der Waals surface area (Å²) in [5, 5.41) is 3.06. The second-order valence-corrected chi connectivity index (χ2v) is 6.36. The van der Waals surface area contributed by atoms with Crippen LogP contribution >= 0.6 is 15.9 Å². The molecule has 0 spiro atoms. The van der Waals surface area contributed by atoms with Crippen molar-refractivity contribution in [2.45, 2.75) is 33.2 Å². The highest BCUT2D eigenvalue weighted by molar-refractivity contribution is 9.10. The van der Waals surface area contributed by atoms with E-state index in [-0.39, 0.29) is 11.9 Å². The molecule has 2 aromatic carbocycles. The first-order valence-corrected chi connectivity index (χ1v) is 7.86. The summed E-state index contributed by atoms with van der Waals surface area (Å²) >= 11 is 3.42. The molecule has 2 rings (SSSR count). The number of carbonyl (C=O) groups excluding carboxylic acids is 1. The van der Waals surface area contributed by atoms with Crippen molar-refractivity contribution in [1.82, 2.24) is 5.32 Å². The van der Waals surface area contributed by atoms with Gasteiger partial charge in [0.25, 0.3) is 0 Å². The van der Waals surface area contributed by atoms with E-state index in [0.717, 1.165) is 15.6 Å².